The fourth-order valence-corrected chi connectivity index (χ4v) is 5.92. The van der Waals surface area contributed by atoms with Crippen molar-refractivity contribution in [1.82, 2.24) is 0 Å². The quantitative estimate of drug-likeness (QED) is 0.422. The number of halogens is 3. The van der Waals surface area contributed by atoms with Crippen LogP contribution in [0, 0.1) is 0 Å². The van der Waals surface area contributed by atoms with Crippen LogP contribution >= 0.6 is 11.8 Å². The largest absolute Gasteiger partial charge is 0.416 e. The second-order valence-corrected chi connectivity index (χ2v) is 8.53. The van der Waals surface area contributed by atoms with E-state index in [4.69, 9.17) is 0 Å². The van der Waals surface area contributed by atoms with E-state index in [9.17, 15) is 13.2 Å². The van der Waals surface area contributed by atoms with E-state index >= 15 is 0 Å². The maximum atomic E-state index is 13.2. The van der Waals surface area contributed by atoms with Gasteiger partial charge in [0.1, 0.15) is 0 Å². The third-order valence-electron chi connectivity index (χ3n) is 5.67. The lowest BCUT2D eigenvalue weighted by molar-refractivity contribution is -0.137. The van der Waals surface area contributed by atoms with Gasteiger partial charge in [-0.25, -0.2) is 0 Å². The van der Waals surface area contributed by atoms with Crippen LogP contribution in [0.4, 0.5) is 13.2 Å². The zero-order valence-corrected chi connectivity index (χ0v) is 15.8. The minimum atomic E-state index is -4.33. The van der Waals surface area contributed by atoms with Gasteiger partial charge in [-0.3, -0.25) is 0 Å². The molecule has 1 heterocycles. The Bertz CT molecular complexity index is 1050. The van der Waals surface area contributed by atoms with E-state index in [1.54, 1.807) is 6.07 Å². The molecule has 0 N–H and O–H groups in total. The second-order valence-electron chi connectivity index (χ2n) is 7.21. The molecular weight excluding hydrogens is 377 g/mol. The average molecular weight is 394 g/mol. The summed E-state index contributed by atoms with van der Waals surface area (Å²) in [5, 5.41) is 0. The van der Waals surface area contributed by atoms with Crippen LogP contribution in [0.2, 0.25) is 0 Å². The summed E-state index contributed by atoms with van der Waals surface area (Å²) in [5.74, 6) is 0.772. The monoisotopic (exact) mass is 394 g/mol. The van der Waals surface area contributed by atoms with Gasteiger partial charge in [-0.15, -0.1) is 11.8 Å². The van der Waals surface area contributed by atoms with Gasteiger partial charge in [-0.05, 0) is 51.9 Å². The molecule has 0 saturated carbocycles. The van der Waals surface area contributed by atoms with E-state index < -0.39 is 11.7 Å². The first-order chi connectivity index (χ1) is 13.5. The number of allylic oxidation sites excluding steroid dienone is 1. The van der Waals surface area contributed by atoms with Gasteiger partial charge in [-0.2, -0.15) is 13.2 Å². The van der Waals surface area contributed by atoms with E-state index in [1.807, 2.05) is 23.9 Å². The van der Waals surface area contributed by atoms with Gasteiger partial charge in [0.25, 0.3) is 0 Å². The summed E-state index contributed by atoms with van der Waals surface area (Å²) in [6.07, 6.45) is -1.56. The molecule has 0 radical (unpaired) electrons. The molecule has 0 bridgehead atoms. The van der Waals surface area contributed by atoms with Crippen molar-refractivity contribution in [2.24, 2.45) is 0 Å². The molecule has 4 heteroatoms. The van der Waals surface area contributed by atoms with E-state index in [2.05, 4.69) is 42.5 Å². The Hall–Kier alpha value is -2.46. The highest BCUT2D eigenvalue weighted by Crippen LogP contribution is 2.60. The molecule has 28 heavy (non-hydrogen) atoms. The van der Waals surface area contributed by atoms with E-state index in [1.165, 1.54) is 34.4 Å². The normalized spacial score (nSPS) is 17.2. The first-order valence-electron chi connectivity index (χ1n) is 9.19. The zero-order chi connectivity index (χ0) is 19.4. The van der Waals surface area contributed by atoms with Crippen molar-refractivity contribution < 1.29 is 13.2 Å². The molecule has 0 fully saturated rings. The third kappa shape index (κ3) is 2.62. The van der Waals surface area contributed by atoms with Crippen LogP contribution < -0.4 is 0 Å². The van der Waals surface area contributed by atoms with Crippen LogP contribution in [-0.4, -0.2) is 5.75 Å². The molecule has 0 amide bonds. The van der Waals surface area contributed by atoms with Gasteiger partial charge in [0, 0.05) is 5.75 Å². The maximum absolute atomic E-state index is 13.2. The summed E-state index contributed by atoms with van der Waals surface area (Å²) in [6.45, 7) is 0. The van der Waals surface area contributed by atoms with Crippen LogP contribution in [0.1, 0.15) is 28.7 Å². The lowest BCUT2D eigenvalue weighted by atomic mass is 9.85. The number of thioether (sulfide) groups is 1. The fraction of sp³-hybridized carbons (Fsp3) is 0.167. The van der Waals surface area contributed by atoms with Crippen LogP contribution in [-0.2, 0) is 10.9 Å². The summed E-state index contributed by atoms with van der Waals surface area (Å²) < 4.78 is 39.4. The molecule has 0 unspecified atom stereocenters. The Labute approximate surface area is 166 Å². The molecule has 3 aromatic carbocycles. The van der Waals surface area contributed by atoms with E-state index in [0.29, 0.717) is 12.0 Å². The van der Waals surface area contributed by atoms with Crippen LogP contribution in [0.3, 0.4) is 0 Å². The Balaban J connectivity index is 1.62. The number of rotatable bonds is 1. The molecule has 1 aliphatic carbocycles. The second kappa shape index (κ2) is 6.28. The molecule has 2 aliphatic rings. The summed E-state index contributed by atoms with van der Waals surface area (Å²) in [6, 6.07) is 22.5. The van der Waals surface area contributed by atoms with Gasteiger partial charge >= 0.3 is 6.18 Å². The topological polar surface area (TPSA) is 0 Å². The number of hydrogen-bond donors (Lipinski definition) is 0. The minimum absolute atomic E-state index is 0.245. The van der Waals surface area contributed by atoms with Gasteiger partial charge in [-0.1, -0.05) is 66.7 Å². The lowest BCUT2D eigenvalue weighted by Crippen LogP contribution is -2.24. The molecule has 3 aromatic rings. The van der Waals surface area contributed by atoms with Crippen molar-refractivity contribution in [2.75, 3.05) is 5.75 Å². The summed E-state index contributed by atoms with van der Waals surface area (Å²) in [5.41, 5.74) is 6.04. The van der Waals surface area contributed by atoms with Gasteiger partial charge in [0.05, 0.1) is 10.3 Å². The smallest absolute Gasteiger partial charge is 0.166 e. The fourth-order valence-electron chi connectivity index (χ4n) is 4.42. The molecule has 1 spiro atoms. The highest BCUT2D eigenvalue weighted by atomic mass is 32.2. The van der Waals surface area contributed by atoms with Crippen molar-refractivity contribution in [1.29, 1.82) is 0 Å². The highest BCUT2D eigenvalue weighted by molar-refractivity contribution is 8.00. The Morgan fingerprint density at radius 1 is 0.786 bits per heavy atom. The number of fused-ring (bicyclic) bond motifs is 5. The van der Waals surface area contributed by atoms with E-state index in [-0.39, 0.29) is 4.75 Å². The highest BCUT2D eigenvalue weighted by Gasteiger charge is 2.45. The van der Waals surface area contributed by atoms with Gasteiger partial charge in [0.15, 0.2) is 0 Å². The number of alkyl halides is 3. The van der Waals surface area contributed by atoms with Crippen molar-refractivity contribution in [2.45, 2.75) is 17.3 Å². The SMILES string of the molecule is FC(F)(F)c1cccc(C2=CCSC3(C2)c2ccccc2-c2ccccc23)c1. The lowest BCUT2D eigenvalue weighted by Gasteiger charge is -2.35. The van der Waals surface area contributed by atoms with Crippen LogP contribution in [0.25, 0.3) is 16.7 Å². The zero-order valence-electron chi connectivity index (χ0n) is 15.0. The molecule has 5 rings (SSSR count). The number of hydrogen-bond acceptors (Lipinski definition) is 1. The van der Waals surface area contributed by atoms with Crippen LogP contribution in [0.5, 0.6) is 0 Å². The van der Waals surface area contributed by atoms with Crippen molar-refractivity contribution in [3.05, 3.63) is 101 Å². The summed E-state index contributed by atoms with van der Waals surface area (Å²) in [7, 11) is 0. The standard InChI is InChI=1S/C24H17F3S/c25-24(26,27)18-7-5-6-16(14-18)17-12-13-28-23(15-17)21-10-3-1-8-19(21)20-9-2-4-11-22(20)23/h1-12,14H,13,15H2. The molecular formula is C24H17F3S. The van der Waals surface area contributed by atoms with Crippen molar-refractivity contribution >= 4 is 17.3 Å². The van der Waals surface area contributed by atoms with Crippen LogP contribution in [0.15, 0.2) is 78.9 Å². The molecule has 0 saturated heterocycles. The van der Waals surface area contributed by atoms with Crippen molar-refractivity contribution in [3.63, 3.8) is 0 Å². The third-order valence-corrected chi connectivity index (χ3v) is 7.08. The molecule has 0 atom stereocenters. The van der Waals surface area contributed by atoms with Crippen molar-refractivity contribution in [3.8, 4) is 11.1 Å². The Morgan fingerprint density at radius 2 is 1.43 bits per heavy atom. The van der Waals surface area contributed by atoms with E-state index in [0.717, 1.165) is 17.4 Å². The molecule has 0 nitrogen and oxygen atoms in total. The predicted octanol–water partition coefficient (Wildman–Crippen LogP) is 7.15. The molecule has 1 aliphatic heterocycles. The summed E-state index contributed by atoms with van der Waals surface area (Å²) >= 11 is 1.87. The predicted molar refractivity (Wildman–Crippen MR) is 109 cm³/mol. The molecule has 140 valence electrons. The summed E-state index contributed by atoms with van der Waals surface area (Å²) in [4.78, 5) is 0. The first kappa shape index (κ1) is 17.6. The van der Waals surface area contributed by atoms with Gasteiger partial charge in [0.2, 0.25) is 0 Å². The average Bonchev–Trinajstić information content (AvgIpc) is 2.98. The molecule has 0 aromatic heterocycles. The Kier molecular flexibility index (Phi) is 3.95. The minimum Gasteiger partial charge on any atom is -0.166 e. The Morgan fingerprint density at radius 3 is 2.07 bits per heavy atom. The van der Waals surface area contributed by atoms with Gasteiger partial charge < -0.3 is 0 Å². The number of benzene rings is 3. The first-order valence-corrected chi connectivity index (χ1v) is 10.2. The maximum Gasteiger partial charge on any atom is 0.416 e.